The van der Waals surface area contributed by atoms with Crippen molar-refractivity contribution in [2.75, 3.05) is 6.54 Å². The minimum Gasteiger partial charge on any atom is -0.788 e. The first kappa shape index (κ1) is 6.66. The third-order valence-corrected chi connectivity index (χ3v) is 0.687. The maximum Gasteiger partial charge on any atom is -0.0167 e. The van der Waals surface area contributed by atoms with Crippen LogP contribution >= 0.6 is 0 Å². The normalized spacial score (nSPS) is 8.71. The molecule has 0 saturated heterocycles. The highest BCUT2D eigenvalue weighted by atomic mass is 16.5. The Hall–Kier alpha value is -0.340. The van der Waals surface area contributed by atoms with Crippen LogP contribution < -0.4 is 5.48 Å². The molecule has 2 heteroatoms. The molecule has 7 heavy (non-hydrogen) atoms. The zero-order chi connectivity index (χ0) is 5.54. The minimum absolute atomic E-state index is 0.548. The van der Waals surface area contributed by atoms with Crippen molar-refractivity contribution in [2.24, 2.45) is 0 Å². The summed E-state index contributed by atoms with van der Waals surface area (Å²) in [7, 11) is 0. The van der Waals surface area contributed by atoms with Gasteiger partial charge in [0.2, 0.25) is 0 Å². The van der Waals surface area contributed by atoms with E-state index in [0.717, 1.165) is 12.8 Å². The lowest BCUT2D eigenvalue weighted by Gasteiger charge is -2.03. The van der Waals surface area contributed by atoms with Gasteiger partial charge in [0, 0.05) is 0 Å². The van der Waals surface area contributed by atoms with E-state index in [4.69, 9.17) is 0 Å². The monoisotopic (exact) mass is 100 g/mol. The zero-order valence-electron chi connectivity index (χ0n) is 4.31. The molecular formula is C5H10NO-. The van der Waals surface area contributed by atoms with Crippen molar-refractivity contribution < 1.29 is 0 Å². The molecule has 0 aromatic heterocycles. The van der Waals surface area contributed by atoms with E-state index < -0.39 is 0 Å². The third kappa shape index (κ3) is 5.66. The molecule has 0 unspecified atom stereocenters. The molecule has 42 valence electrons. The summed E-state index contributed by atoms with van der Waals surface area (Å²) in [4.78, 5) is 0. The van der Waals surface area contributed by atoms with Gasteiger partial charge in [0.1, 0.15) is 0 Å². The molecular weight excluding hydrogens is 90.1 g/mol. The van der Waals surface area contributed by atoms with Crippen LogP contribution in [-0.4, -0.2) is 6.54 Å². The van der Waals surface area contributed by atoms with Gasteiger partial charge in [-0.25, -0.2) is 0 Å². The van der Waals surface area contributed by atoms with E-state index in [0.29, 0.717) is 6.54 Å². The molecule has 0 aromatic rings. The highest BCUT2D eigenvalue weighted by Crippen LogP contribution is 1.84. The van der Waals surface area contributed by atoms with Crippen LogP contribution in [0.25, 0.3) is 0 Å². The van der Waals surface area contributed by atoms with Gasteiger partial charge in [-0.2, -0.15) is 0 Å². The number of nitrogens with one attached hydrogen (secondary N) is 1. The summed E-state index contributed by atoms with van der Waals surface area (Å²) in [6.45, 7) is 4.05. The molecule has 0 rings (SSSR count). The van der Waals surface area contributed by atoms with Crippen molar-refractivity contribution in [2.45, 2.75) is 12.8 Å². The van der Waals surface area contributed by atoms with Crippen LogP contribution in [0.2, 0.25) is 0 Å². The molecule has 0 fully saturated rings. The van der Waals surface area contributed by atoms with E-state index >= 15 is 0 Å². The molecule has 2 nitrogen and oxygen atoms in total. The van der Waals surface area contributed by atoms with Crippen LogP contribution in [0.1, 0.15) is 12.8 Å². The van der Waals surface area contributed by atoms with Gasteiger partial charge in [-0.3, -0.25) is 0 Å². The summed E-state index contributed by atoms with van der Waals surface area (Å²) >= 11 is 0. The molecule has 0 radical (unpaired) electrons. The number of unbranched alkanes of at least 4 members (excludes halogenated alkanes) is 1. The van der Waals surface area contributed by atoms with Crippen LogP contribution in [-0.2, 0) is 0 Å². The Labute approximate surface area is 43.8 Å². The Bertz CT molecular complexity index is 45.3. The van der Waals surface area contributed by atoms with E-state index in [1.807, 2.05) is 0 Å². The molecule has 0 bridgehead atoms. The summed E-state index contributed by atoms with van der Waals surface area (Å²) in [5.74, 6) is 0. The van der Waals surface area contributed by atoms with E-state index in [1.165, 1.54) is 0 Å². The highest BCUT2D eigenvalue weighted by Gasteiger charge is 1.73. The largest absolute Gasteiger partial charge is 0.788 e. The number of hydrogen-bond acceptors (Lipinski definition) is 2. The van der Waals surface area contributed by atoms with Crippen LogP contribution in [0.15, 0.2) is 12.7 Å². The predicted molar refractivity (Wildman–Crippen MR) is 30.8 cm³/mol. The number of hydroxylamine groups is 1. The zero-order valence-corrected chi connectivity index (χ0v) is 4.31. The Morgan fingerprint density at radius 1 is 1.71 bits per heavy atom. The quantitative estimate of drug-likeness (QED) is 0.325. The third-order valence-electron chi connectivity index (χ3n) is 0.687. The van der Waals surface area contributed by atoms with E-state index in [2.05, 4.69) is 6.58 Å². The van der Waals surface area contributed by atoms with Crippen LogP contribution in [0.5, 0.6) is 0 Å². The molecule has 0 aliphatic rings. The second-order valence-electron chi connectivity index (χ2n) is 1.33. The van der Waals surface area contributed by atoms with E-state index in [-0.39, 0.29) is 0 Å². The van der Waals surface area contributed by atoms with Crippen LogP contribution in [0.3, 0.4) is 0 Å². The standard InChI is InChI=1S/C5H10NO/c1-2-3-4-5-6-7/h2,6H,1,3-5H2/q-1. The topological polar surface area (TPSA) is 35.1 Å². The number of allylic oxidation sites excluding steroid dienone is 1. The number of rotatable bonds is 4. The lowest BCUT2D eigenvalue weighted by molar-refractivity contribution is 0.768. The molecule has 0 amide bonds. The Kier molecular flexibility index (Phi) is 5.39. The van der Waals surface area contributed by atoms with Crippen molar-refractivity contribution in [3.63, 3.8) is 0 Å². The summed E-state index contributed by atoms with van der Waals surface area (Å²) in [6, 6.07) is 0. The van der Waals surface area contributed by atoms with Gasteiger partial charge in [0.25, 0.3) is 0 Å². The molecule has 0 saturated carbocycles. The number of hydrogen-bond donors (Lipinski definition) is 1. The van der Waals surface area contributed by atoms with Gasteiger partial charge in [-0.15, -0.1) is 6.58 Å². The first-order valence-corrected chi connectivity index (χ1v) is 2.37. The molecule has 0 atom stereocenters. The maximum absolute atomic E-state index is 9.52. The van der Waals surface area contributed by atoms with E-state index in [9.17, 15) is 5.21 Å². The molecule has 1 N–H and O–H groups in total. The van der Waals surface area contributed by atoms with Gasteiger partial charge in [0.05, 0.1) is 0 Å². The van der Waals surface area contributed by atoms with Crippen molar-refractivity contribution >= 4 is 0 Å². The summed E-state index contributed by atoms with van der Waals surface area (Å²) < 4.78 is 0. The van der Waals surface area contributed by atoms with Gasteiger partial charge in [-0.1, -0.05) is 6.08 Å². The Morgan fingerprint density at radius 2 is 2.43 bits per heavy atom. The lowest BCUT2D eigenvalue weighted by atomic mass is 10.3. The maximum atomic E-state index is 9.52. The van der Waals surface area contributed by atoms with Gasteiger partial charge < -0.3 is 10.7 Å². The van der Waals surface area contributed by atoms with Crippen molar-refractivity contribution in [3.8, 4) is 0 Å². The molecule has 0 spiro atoms. The fraction of sp³-hybridized carbons (Fsp3) is 0.600. The molecule has 0 aliphatic carbocycles. The summed E-state index contributed by atoms with van der Waals surface area (Å²) in [5, 5.41) is 9.52. The Balaban J connectivity index is 2.56. The van der Waals surface area contributed by atoms with Crippen LogP contribution in [0.4, 0.5) is 0 Å². The van der Waals surface area contributed by atoms with Gasteiger partial charge in [-0.05, 0) is 19.4 Å². The van der Waals surface area contributed by atoms with E-state index in [1.54, 1.807) is 11.6 Å². The van der Waals surface area contributed by atoms with Crippen LogP contribution in [0, 0.1) is 5.21 Å². The first-order valence-electron chi connectivity index (χ1n) is 2.37. The minimum atomic E-state index is 0.548. The van der Waals surface area contributed by atoms with Crippen molar-refractivity contribution in [1.29, 1.82) is 0 Å². The fourth-order valence-corrected chi connectivity index (χ4v) is 0.319. The summed E-state index contributed by atoms with van der Waals surface area (Å²) in [6.07, 6.45) is 3.62. The lowest BCUT2D eigenvalue weighted by Crippen LogP contribution is -2.03. The fourth-order valence-electron chi connectivity index (χ4n) is 0.319. The average molecular weight is 100 g/mol. The van der Waals surface area contributed by atoms with Crippen molar-refractivity contribution in [3.05, 3.63) is 17.9 Å². The highest BCUT2D eigenvalue weighted by molar-refractivity contribution is 4.66. The predicted octanol–water partition coefficient (Wildman–Crippen LogP) is 1.04. The second-order valence-corrected chi connectivity index (χ2v) is 1.33. The molecule has 0 aromatic carbocycles. The van der Waals surface area contributed by atoms with Crippen molar-refractivity contribution in [1.82, 2.24) is 5.48 Å². The smallest absolute Gasteiger partial charge is 0.0167 e. The second kappa shape index (κ2) is 5.66. The van der Waals surface area contributed by atoms with Gasteiger partial charge >= 0.3 is 0 Å². The SMILES string of the molecule is C=CCCCN[O-]. The van der Waals surface area contributed by atoms with Gasteiger partial charge in [0.15, 0.2) is 0 Å². The summed E-state index contributed by atoms with van der Waals surface area (Å²) in [5.41, 5.74) is 1.80. The molecule has 0 heterocycles. The Morgan fingerprint density at radius 3 is 2.86 bits per heavy atom. The molecule has 0 aliphatic heterocycles. The first-order chi connectivity index (χ1) is 3.41. The average Bonchev–Trinajstić information content (AvgIpc) is 1.69.